The van der Waals surface area contributed by atoms with Gasteiger partial charge in [-0.1, -0.05) is 12.0 Å². The van der Waals surface area contributed by atoms with E-state index in [9.17, 15) is 9.59 Å². The van der Waals surface area contributed by atoms with Crippen LogP contribution in [0.25, 0.3) is 0 Å². The number of anilines is 1. The normalized spacial score (nSPS) is 9.11. The molecule has 0 aliphatic carbocycles. The van der Waals surface area contributed by atoms with Crippen LogP contribution in [-0.4, -0.2) is 25.0 Å². The summed E-state index contributed by atoms with van der Waals surface area (Å²) in [5, 5.41) is 7.60. The van der Waals surface area contributed by atoms with Crippen molar-refractivity contribution in [2.75, 3.05) is 18.4 Å². The lowest BCUT2D eigenvalue weighted by molar-refractivity contribution is -0.119. The highest BCUT2D eigenvalue weighted by atomic mass is 16.2. The average Bonchev–Trinajstić information content (AvgIpc) is 2.37. The Labute approximate surface area is 106 Å². The summed E-state index contributed by atoms with van der Waals surface area (Å²) in [7, 11) is 0. The molecule has 18 heavy (non-hydrogen) atoms. The smallest absolute Gasteiger partial charge is 0.319 e. The van der Waals surface area contributed by atoms with Gasteiger partial charge in [0.25, 0.3) is 0 Å². The van der Waals surface area contributed by atoms with E-state index in [-0.39, 0.29) is 12.5 Å². The molecule has 0 radical (unpaired) electrons. The van der Waals surface area contributed by atoms with Crippen LogP contribution >= 0.6 is 0 Å². The van der Waals surface area contributed by atoms with Crippen molar-refractivity contribution < 1.29 is 9.59 Å². The van der Waals surface area contributed by atoms with E-state index in [0.29, 0.717) is 17.8 Å². The average molecular weight is 245 g/mol. The van der Waals surface area contributed by atoms with Gasteiger partial charge in [0.15, 0.2) is 0 Å². The number of rotatable bonds is 4. The Morgan fingerprint density at radius 2 is 2.11 bits per heavy atom. The van der Waals surface area contributed by atoms with Gasteiger partial charge in [0.1, 0.15) is 0 Å². The van der Waals surface area contributed by atoms with Crippen molar-refractivity contribution in [3.63, 3.8) is 0 Å². The number of hydrogen-bond donors (Lipinski definition) is 3. The Morgan fingerprint density at radius 1 is 1.33 bits per heavy atom. The van der Waals surface area contributed by atoms with E-state index in [0.717, 1.165) is 0 Å². The van der Waals surface area contributed by atoms with Gasteiger partial charge in [-0.05, 0) is 25.1 Å². The summed E-state index contributed by atoms with van der Waals surface area (Å²) in [5.74, 6) is 2.24. The Hall–Kier alpha value is -2.48. The zero-order valence-electron chi connectivity index (χ0n) is 10.1. The van der Waals surface area contributed by atoms with Gasteiger partial charge in [-0.15, -0.1) is 6.42 Å². The van der Waals surface area contributed by atoms with Crippen molar-refractivity contribution >= 4 is 17.6 Å². The third-order valence-corrected chi connectivity index (χ3v) is 2.07. The lowest BCUT2D eigenvalue weighted by Crippen LogP contribution is -2.38. The second kappa shape index (κ2) is 6.97. The van der Waals surface area contributed by atoms with Crippen molar-refractivity contribution in [1.82, 2.24) is 10.6 Å². The Balaban J connectivity index is 2.45. The quantitative estimate of drug-likeness (QED) is 0.690. The summed E-state index contributed by atoms with van der Waals surface area (Å²) >= 11 is 0. The number of likely N-dealkylation sites (N-methyl/N-ethyl adjacent to an activating group) is 1. The van der Waals surface area contributed by atoms with Crippen molar-refractivity contribution in [3.05, 3.63) is 29.8 Å². The molecule has 0 heterocycles. The first-order valence-corrected chi connectivity index (χ1v) is 5.54. The number of urea groups is 1. The summed E-state index contributed by atoms with van der Waals surface area (Å²) in [5.41, 5.74) is 1.26. The fraction of sp³-hybridized carbons (Fsp3) is 0.231. The van der Waals surface area contributed by atoms with Gasteiger partial charge in [-0.3, -0.25) is 4.79 Å². The number of carbonyl (C=O) groups excluding carboxylic acids is 2. The van der Waals surface area contributed by atoms with E-state index in [1.54, 1.807) is 24.3 Å². The predicted octanol–water partition coefficient (Wildman–Crippen LogP) is 0.925. The molecular weight excluding hydrogens is 230 g/mol. The SMILES string of the molecule is C#Cc1cccc(NC(=O)NCC(=O)NCC)c1. The van der Waals surface area contributed by atoms with Crippen molar-refractivity contribution in [2.45, 2.75) is 6.92 Å². The molecule has 0 aliphatic rings. The molecule has 0 aromatic heterocycles. The van der Waals surface area contributed by atoms with Crippen LogP contribution in [0.15, 0.2) is 24.3 Å². The summed E-state index contributed by atoms with van der Waals surface area (Å²) in [4.78, 5) is 22.6. The predicted molar refractivity (Wildman–Crippen MR) is 70.1 cm³/mol. The summed E-state index contributed by atoms with van der Waals surface area (Å²) in [6, 6.07) is 6.44. The van der Waals surface area contributed by atoms with Gasteiger partial charge < -0.3 is 16.0 Å². The summed E-state index contributed by atoms with van der Waals surface area (Å²) in [6.45, 7) is 2.28. The van der Waals surface area contributed by atoms with Gasteiger partial charge in [-0.2, -0.15) is 0 Å². The minimum absolute atomic E-state index is 0.0610. The highest BCUT2D eigenvalue weighted by Crippen LogP contribution is 2.09. The second-order valence-corrected chi connectivity index (χ2v) is 3.49. The lowest BCUT2D eigenvalue weighted by atomic mass is 10.2. The number of amides is 3. The van der Waals surface area contributed by atoms with Crippen LogP contribution in [0, 0.1) is 12.3 Å². The van der Waals surface area contributed by atoms with Crippen LogP contribution in [0.4, 0.5) is 10.5 Å². The monoisotopic (exact) mass is 245 g/mol. The topological polar surface area (TPSA) is 70.2 Å². The second-order valence-electron chi connectivity index (χ2n) is 3.49. The maximum absolute atomic E-state index is 11.5. The van der Waals surface area contributed by atoms with Crippen LogP contribution < -0.4 is 16.0 Å². The molecule has 94 valence electrons. The van der Waals surface area contributed by atoms with E-state index in [4.69, 9.17) is 6.42 Å². The first-order chi connectivity index (χ1) is 8.65. The molecule has 0 saturated carbocycles. The van der Waals surface area contributed by atoms with Crippen LogP contribution in [0.5, 0.6) is 0 Å². The molecule has 5 nitrogen and oxygen atoms in total. The highest BCUT2D eigenvalue weighted by molar-refractivity contribution is 5.92. The number of nitrogens with one attached hydrogen (secondary N) is 3. The number of terminal acetylenes is 1. The molecule has 0 bridgehead atoms. The molecule has 0 saturated heterocycles. The fourth-order valence-electron chi connectivity index (χ4n) is 1.28. The Kier molecular flexibility index (Phi) is 5.26. The van der Waals surface area contributed by atoms with Gasteiger partial charge in [0, 0.05) is 17.8 Å². The van der Waals surface area contributed by atoms with E-state index in [1.165, 1.54) is 0 Å². The molecule has 0 aliphatic heterocycles. The number of benzene rings is 1. The molecule has 0 spiro atoms. The van der Waals surface area contributed by atoms with Crippen LogP contribution in [-0.2, 0) is 4.79 Å². The molecule has 1 aromatic rings. The van der Waals surface area contributed by atoms with E-state index >= 15 is 0 Å². The third-order valence-electron chi connectivity index (χ3n) is 2.07. The molecule has 5 heteroatoms. The molecule has 0 atom stereocenters. The van der Waals surface area contributed by atoms with Gasteiger partial charge in [0.05, 0.1) is 6.54 Å². The van der Waals surface area contributed by atoms with E-state index in [2.05, 4.69) is 21.9 Å². The molecule has 0 unspecified atom stereocenters. The minimum Gasteiger partial charge on any atom is -0.355 e. The van der Waals surface area contributed by atoms with E-state index in [1.807, 2.05) is 6.92 Å². The fourth-order valence-corrected chi connectivity index (χ4v) is 1.28. The van der Waals surface area contributed by atoms with Crippen molar-refractivity contribution in [1.29, 1.82) is 0 Å². The number of hydrogen-bond acceptors (Lipinski definition) is 2. The van der Waals surface area contributed by atoms with E-state index < -0.39 is 6.03 Å². The molecule has 1 rings (SSSR count). The third kappa shape index (κ3) is 4.58. The first-order valence-electron chi connectivity index (χ1n) is 5.54. The van der Waals surface area contributed by atoms with Gasteiger partial charge in [0.2, 0.25) is 5.91 Å². The van der Waals surface area contributed by atoms with Crippen molar-refractivity contribution in [2.24, 2.45) is 0 Å². The zero-order chi connectivity index (χ0) is 13.4. The lowest BCUT2D eigenvalue weighted by Gasteiger charge is -2.07. The molecule has 3 N–H and O–H groups in total. The summed E-state index contributed by atoms with van der Waals surface area (Å²) < 4.78 is 0. The van der Waals surface area contributed by atoms with Crippen LogP contribution in [0.3, 0.4) is 0 Å². The highest BCUT2D eigenvalue weighted by Gasteiger charge is 2.04. The Morgan fingerprint density at radius 3 is 2.78 bits per heavy atom. The van der Waals surface area contributed by atoms with Gasteiger partial charge in [-0.25, -0.2) is 4.79 Å². The first kappa shape index (κ1) is 13.6. The van der Waals surface area contributed by atoms with Crippen LogP contribution in [0.2, 0.25) is 0 Å². The van der Waals surface area contributed by atoms with Gasteiger partial charge >= 0.3 is 6.03 Å². The molecule has 0 fully saturated rings. The van der Waals surface area contributed by atoms with Crippen LogP contribution in [0.1, 0.15) is 12.5 Å². The Bertz CT molecular complexity index is 477. The molecule has 1 aromatic carbocycles. The molecular formula is C13H15N3O2. The maximum Gasteiger partial charge on any atom is 0.319 e. The van der Waals surface area contributed by atoms with Crippen molar-refractivity contribution in [3.8, 4) is 12.3 Å². The minimum atomic E-state index is -0.449. The zero-order valence-corrected chi connectivity index (χ0v) is 10.1. The number of carbonyl (C=O) groups is 2. The standard InChI is InChI=1S/C13H15N3O2/c1-3-10-6-5-7-11(8-10)16-13(18)15-9-12(17)14-4-2/h1,5-8H,4,9H2,2H3,(H,14,17)(H2,15,16,18). The maximum atomic E-state index is 11.5. The summed E-state index contributed by atoms with van der Waals surface area (Å²) in [6.07, 6.45) is 5.25. The largest absolute Gasteiger partial charge is 0.355 e. The molecule has 3 amide bonds.